The highest BCUT2D eigenvalue weighted by molar-refractivity contribution is 7.89. The van der Waals surface area contributed by atoms with Gasteiger partial charge in [-0.15, -0.1) is 0 Å². The zero-order valence-corrected chi connectivity index (χ0v) is 10.8. The summed E-state index contributed by atoms with van der Waals surface area (Å²) in [6.45, 7) is 1.60. The SMILES string of the molecule is COc1ccc(C)cc1S(=O)(=O)N(C)CC#N. The molecule has 0 unspecified atom stereocenters. The van der Waals surface area contributed by atoms with Crippen LogP contribution in [0.1, 0.15) is 5.56 Å². The molecule has 0 aliphatic heterocycles. The number of ether oxygens (including phenoxy) is 1. The molecular weight excluding hydrogens is 240 g/mol. The molecule has 0 aromatic heterocycles. The molecule has 1 aromatic carbocycles. The Bertz CT molecular complexity index is 546. The Balaban J connectivity index is 3.33. The Labute approximate surface area is 101 Å². The number of nitriles is 1. The predicted octanol–water partition coefficient (Wildman–Crippen LogP) is 1.15. The van der Waals surface area contributed by atoms with E-state index < -0.39 is 10.0 Å². The van der Waals surface area contributed by atoms with Crippen LogP contribution >= 0.6 is 0 Å². The summed E-state index contributed by atoms with van der Waals surface area (Å²) in [5.41, 5.74) is 0.815. The number of nitrogens with zero attached hydrogens (tertiary/aromatic N) is 2. The molecule has 92 valence electrons. The van der Waals surface area contributed by atoms with Gasteiger partial charge in [-0.25, -0.2) is 8.42 Å². The van der Waals surface area contributed by atoms with Crippen molar-refractivity contribution in [1.29, 1.82) is 5.26 Å². The van der Waals surface area contributed by atoms with Crippen LogP contribution in [0.3, 0.4) is 0 Å². The lowest BCUT2D eigenvalue weighted by molar-refractivity contribution is 0.399. The number of aryl methyl sites for hydroxylation is 1. The summed E-state index contributed by atoms with van der Waals surface area (Å²) in [5, 5.41) is 8.54. The van der Waals surface area contributed by atoms with Crippen LogP contribution < -0.4 is 4.74 Å². The largest absolute Gasteiger partial charge is 0.495 e. The van der Waals surface area contributed by atoms with Crippen LogP contribution in [0.5, 0.6) is 5.75 Å². The van der Waals surface area contributed by atoms with Crippen LogP contribution in [-0.2, 0) is 10.0 Å². The Hall–Kier alpha value is -1.58. The lowest BCUT2D eigenvalue weighted by atomic mass is 10.2. The first-order valence-corrected chi connectivity index (χ1v) is 6.35. The van der Waals surface area contributed by atoms with E-state index in [1.807, 2.05) is 0 Å². The lowest BCUT2D eigenvalue weighted by Gasteiger charge is -2.16. The second-order valence-electron chi connectivity index (χ2n) is 3.57. The van der Waals surface area contributed by atoms with Crippen molar-refractivity contribution in [2.75, 3.05) is 20.7 Å². The van der Waals surface area contributed by atoms with Crippen molar-refractivity contribution >= 4 is 10.0 Å². The van der Waals surface area contributed by atoms with Gasteiger partial charge in [-0.3, -0.25) is 0 Å². The topological polar surface area (TPSA) is 70.4 Å². The summed E-state index contributed by atoms with van der Waals surface area (Å²) >= 11 is 0. The van der Waals surface area contributed by atoms with Gasteiger partial charge in [-0.2, -0.15) is 9.57 Å². The molecular formula is C11H14N2O3S. The second-order valence-corrected chi connectivity index (χ2v) is 5.59. The Morgan fingerprint density at radius 2 is 2.12 bits per heavy atom. The quantitative estimate of drug-likeness (QED) is 0.756. The van der Waals surface area contributed by atoms with Crippen molar-refractivity contribution in [3.8, 4) is 11.8 Å². The minimum absolute atomic E-state index is 0.0813. The fraction of sp³-hybridized carbons (Fsp3) is 0.364. The molecule has 0 heterocycles. The van der Waals surface area contributed by atoms with Gasteiger partial charge in [0.1, 0.15) is 17.2 Å². The highest BCUT2D eigenvalue weighted by Gasteiger charge is 2.24. The van der Waals surface area contributed by atoms with E-state index in [9.17, 15) is 8.42 Å². The Morgan fingerprint density at radius 3 is 2.65 bits per heavy atom. The molecule has 0 aliphatic carbocycles. The van der Waals surface area contributed by atoms with Gasteiger partial charge in [0, 0.05) is 7.05 Å². The van der Waals surface area contributed by atoms with E-state index in [2.05, 4.69) is 0 Å². The second kappa shape index (κ2) is 5.17. The summed E-state index contributed by atoms with van der Waals surface area (Å²) in [7, 11) is -0.908. The maximum absolute atomic E-state index is 12.1. The summed E-state index contributed by atoms with van der Waals surface area (Å²) < 4.78 is 30.3. The molecule has 0 atom stereocenters. The minimum Gasteiger partial charge on any atom is -0.495 e. The van der Waals surface area contributed by atoms with Crippen molar-refractivity contribution in [2.24, 2.45) is 0 Å². The van der Waals surface area contributed by atoms with E-state index in [0.29, 0.717) is 0 Å². The first-order chi connectivity index (χ1) is 7.93. The molecule has 0 radical (unpaired) electrons. The van der Waals surface area contributed by atoms with E-state index in [-0.39, 0.29) is 17.2 Å². The highest BCUT2D eigenvalue weighted by Crippen LogP contribution is 2.26. The molecule has 0 fully saturated rings. The average Bonchev–Trinajstić information content (AvgIpc) is 2.29. The maximum atomic E-state index is 12.1. The van der Waals surface area contributed by atoms with E-state index in [0.717, 1.165) is 9.87 Å². The Morgan fingerprint density at radius 1 is 1.47 bits per heavy atom. The van der Waals surface area contributed by atoms with Crippen molar-refractivity contribution < 1.29 is 13.2 Å². The van der Waals surface area contributed by atoms with E-state index in [4.69, 9.17) is 10.00 Å². The third kappa shape index (κ3) is 2.75. The molecule has 0 aliphatic rings. The van der Waals surface area contributed by atoms with Gasteiger partial charge in [0.2, 0.25) is 10.0 Å². The molecule has 1 aromatic rings. The molecule has 0 saturated carbocycles. The third-order valence-corrected chi connectivity index (χ3v) is 4.13. The van der Waals surface area contributed by atoms with Gasteiger partial charge in [0.05, 0.1) is 13.2 Å². The summed E-state index contributed by atoms with van der Waals surface area (Å²) in [6.07, 6.45) is 0. The number of benzene rings is 1. The lowest BCUT2D eigenvalue weighted by Crippen LogP contribution is -2.27. The highest BCUT2D eigenvalue weighted by atomic mass is 32.2. The zero-order valence-electron chi connectivity index (χ0n) is 9.97. The van der Waals surface area contributed by atoms with E-state index in [1.54, 1.807) is 25.1 Å². The molecule has 5 nitrogen and oxygen atoms in total. The molecule has 17 heavy (non-hydrogen) atoms. The van der Waals surface area contributed by atoms with Crippen LogP contribution in [0.15, 0.2) is 23.1 Å². The van der Waals surface area contributed by atoms with Gasteiger partial charge < -0.3 is 4.74 Å². The summed E-state index contributed by atoms with van der Waals surface area (Å²) in [4.78, 5) is 0.0813. The molecule has 0 N–H and O–H groups in total. The van der Waals surface area contributed by atoms with Gasteiger partial charge in [-0.05, 0) is 24.6 Å². The molecule has 0 bridgehead atoms. The van der Waals surface area contributed by atoms with Crippen molar-refractivity contribution in [3.63, 3.8) is 0 Å². The monoisotopic (exact) mass is 254 g/mol. The smallest absolute Gasteiger partial charge is 0.247 e. The van der Waals surface area contributed by atoms with Crippen molar-refractivity contribution in [2.45, 2.75) is 11.8 Å². The van der Waals surface area contributed by atoms with Gasteiger partial charge >= 0.3 is 0 Å². The van der Waals surface area contributed by atoms with Crippen LogP contribution in [0.4, 0.5) is 0 Å². The summed E-state index contributed by atoms with van der Waals surface area (Å²) in [6, 6.07) is 6.70. The van der Waals surface area contributed by atoms with Crippen molar-refractivity contribution in [3.05, 3.63) is 23.8 Å². The number of hydrogen-bond donors (Lipinski definition) is 0. The normalized spacial score (nSPS) is 11.2. The standard InChI is InChI=1S/C11H14N2O3S/c1-9-4-5-10(16-3)11(8-9)17(14,15)13(2)7-6-12/h4-5,8H,7H2,1-3H3. The van der Waals surface area contributed by atoms with Crippen LogP contribution in [0.25, 0.3) is 0 Å². The van der Waals surface area contributed by atoms with Gasteiger partial charge in [-0.1, -0.05) is 6.07 Å². The van der Waals surface area contributed by atoms with E-state index in [1.165, 1.54) is 20.2 Å². The maximum Gasteiger partial charge on any atom is 0.247 e. The van der Waals surface area contributed by atoms with Crippen LogP contribution in [-0.4, -0.2) is 33.4 Å². The number of sulfonamides is 1. The molecule has 0 saturated heterocycles. The van der Waals surface area contributed by atoms with E-state index >= 15 is 0 Å². The first-order valence-electron chi connectivity index (χ1n) is 4.91. The number of methoxy groups -OCH3 is 1. The molecule has 6 heteroatoms. The van der Waals surface area contributed by atoms with Crippen LogP contribution in [0, 0.1) is 18.3 Å². The average molecular weight is 254 g/mol. The number of rotatable bonds is 4. The fourth-order valence-electron chi connectivity index (χ4n) is 1.34. The molecule has 0 amide bonds. The van der Waals surface area contributed by atoms with Gasteiger partial charge in [0.15, 0.2) is 0 Å². The third-order valence-electron chi connectivity index (χ3n) is 2.30. The van der Waals surface area contributed by atoms with Crippen LogP contribution in [0.2, 0.25) is 0 Å². The Kier molecular flexibility index (Phi) is 4.10. The molecule has 1 rings (SSSR count). The fourth-order valence-corrected chi connectivity index (χ4v) is 2.64. The predicted molar refractivity (Wildman–Crippen MR) is 63.2 cm³/mol. The minimum atomic E-state index is -3.68. The summed E-state index contributed by atoms with van der Waals surface area (Å²) in [5.74, 6) is 0.278. The molecule has 0 spiro atoms. The first kappa shape index (κ1) is 13.5. The van der Waals surface area contributed by atoms with Crippen molar-refractivity contribution in [1.82, 2.24) is 4.31 Å². The van der Waals surface area contributed by atoms with Gasteiger partial charge in [0.25, 0.3) is 0 Å². The number of hydrogen-bond acceptors (Lipinski definition) is 4. The zero-order chi connectivity index (χ0) is 13.1.